The summed E-state index contributed by atoms with van der Waals surface area (Å²) in [7, 11) is 1.83. The van der Waals surface area contributed by atoms with E-state index in [1.165, 1.54) is 0 Å². The van der Waals surface area contributed by atoms with Crippen LogP contribution in [0.5, 0.6) is 5.75 Å². The molecule has 0 aliphatic heterocycles. The maximum atomic E-state index is 12.1. The Morgan fingerprint density at radius 1 is 1.29 bits per heavy atom. The number of carbonyl (C=O) groups is 1. The Labute approximate surface area is 147 Å². The highest BCUT2D eigenvalue weighted by Gasteiger charge is 2.12. The zero-order chi connectivity index (χ0) is 16.9. The quantitative estimate of drug-likeness (QED) is 0.702. The number of ether oxygens (including phenoxy) is 1. The van der Waals surface area contributed by atoms with E-state index in [0.717, 1.165) is 15.9 Å². The van der Waals surface area contributed by atoms with Crippen molar-refractivity contribution in [1.29, 1.82) is 0 Å². The number of nitrogens with one attached hydrogen (secondary N) is 1. The summed E-state index contributed by atoms with van der Waals surface area (Å²) >= 11 is 3.42. The number of halogens is 1. The molecule has 3 aromatic rings. The molecular formula is C17H16BrN3O3. The number of carbonyl (C=O) groups excluding carboxylic acids is 1. The van der Waals surface area contributed by atoms with Gasteiger partial charge in [-0.15, -0.1) is 0 Å². The number of aromatic nitrogens is 2. The first-order valence-corrected chi connectivity index (χ1v) is 8.14. The fourth-order valence-corrected chi connectivity index (χ4v) is 2.50. The molecule has 1 N–H and O–H groups in total. The molecule has 24 heavy (non-hydrogen) atoms. The van der Waals surface area contributed by atoms with Crippen molar-refractivity contribution in [2.75, 3.05) is 0 Å². The van der Waals surface area contributed by atoms with Gasteiger partial charge in [-0.1, -0.05) is 12.1 Å². The SMILES string of the molecule is Cn1ccc(CNC(=O)c2ccc(COc3ccccc3Br)o2)n1. The number of hydrogen-bond acceptors (Lipinski definition) is 4. The van der Waals surface area contributed by atoms with E-state index in [-0.39, 0.29) is 18.3 Å². The molecule has 3 rings (SSSR count). The number of hydrogen-bond donors (Lipinski definition) is 1. The van der Waals surface area contributed by atoms with Gasteiger partial charge in [-0.05, 0) is 46.3 Å². The molecule has 0 aliphatic rings. The normalized spacial score (nSPS) is 10.6. The number of amides is 1. The third-order valence-electron chi connectivity index (χ3n) is 3.29. The molecule has 1 amide bonds. The predicted octanol–water partition coefficient (Wildman–Crippen LogP) is 3.28. The van der Waals surface area contributed by atoms with Crippen molar-refractivity contribution >= 4 is 21.8 Å². The molecule has 6 nitrogen and oxygen atoms in total. The molecule has 2 aromatic heterocycles. The van der Waals surface area contributed by atoms with Crippen molar-refractivity contribution in [3.63, 3.8) is 0 Å². The van der Waals surface area contributed by atoms with Gasteiger partial charge in [-0.2, -0.15) is 5.10 Å². The van der Waals surface area contributed by atoms with Crippen molar-refractivity contribution in [1.82, 2.24) is 15.1 Å². The molecule has 7 heteroatoms. The van der Waals surface area contributed by atoms with Gasteiger partial charge in [0.2, 0.25) is 0 Å². The minimum atomic E-state index is -0.284. The fraction of sp³-hybridized carbons (Fsp3) is 0.176. The third-order valence-corrected chi connectivity index (χ3v) is 3.95. The molecule has 0 fully saturated rings. The first-order chi connectivity index (χ1) is 11.6. The Hall–Kier alpha value is -2.54. The lowest BCUT2D eigenvalue weighted by molar-refractivity contribution is 0.0918. The highest BCUT2D eigenvalue weighted by Crippen LogP contribution is 2.24. The van der Waals surface area contributed by atoms with Crippen LogP contribution in [0, 0.1) is 0 Å². The Bertz CT molecular complexity index is 841. The van der Waals surface area contributed by atoms with Gasteiger partial charge in [-0.3, -0.25) is 9.48 Å². The van der Waals surface area contributed by atoms with Crippen LogP contribution in [0.25, 0.3) is 0 Å². The summed E-state index contributed by atoms with van der Waals surface area (Å²) in [4.78, 5) is 12.1. The van der Waals surface area contributed by atoms with E-state index in [2.05, 4.69) is 26.3 Å². The molecule has 0 atom stereocenters. The van der Waals surface area contributed by atoms with Gasteiger partial charge in [0.25, 0.3) is 5.91 Å². The van der Waals surface area contributed by atoms with Crippen LogP contribution < -0.4 is 10.1 Å². The van der Waals surface area contributed by atoms with E-state index in [1.807, 2.05) is 43.6 Å². The van der Waals surface area contributed by atoms with Gasteiger partial charge in [0, 0.05) is 13.2 Å². The van der Waals surface area contributed by atoms with Gasteiger partial charge in [0.05, 0.1) is 16.7 Å². The zero-order valence-electron chi connectivity index (χ0n) is 13.0. The number of furan rings is 1. The maximum absolute atomic E-state index is 12.1. The van der Waals surface area contributed by atoms with Crippen LogP contribution in [0.4, 0.5) is 0 Å². The third kappa shape index (κ3) is 4.05. The van der Waals surface area contributed by atoms with Crippen LogP contribution in [0.1, 0.15) is 22.0 Å². The predicted molar refractivity (Wildman–Crippen MR) is 91.6 cm³/mol. The topological polar surface area (TPSA) is 69.3 Å². The number of para-hydroxylation sites is 1. The molecule has 124 valence electrons. The minimum absolute atomic E-state index is 0.246. The molecule has 0 aliphatic carbocycles. The first kappa shape index (κ1) is 16.3. The molecule has 0 saturated heterocycles. The Balaban J connectivity index is 1.54. The lowest BCUT2D eigenvalue weighted by Crippen LogP contribution is -2.22. The zero-order valence-corrected chi connectivity index (χ0v) is 14.6. The van der Waals surface area contributed by atoms with Crippen molar-refractivity contribution in [3.8, 4) is 5.75 Å². The molecule has 0 saturated carbocycles. The van der Waals surface area contributed by atoms with Crippen LogP contribution >= 0.6 is 15.9 Å². The second kappa shape index (κ2) is 7.35. The lowest BCUT2D eigenvalue weighted by atomic mass is 10.3. The highest BCUT2D eigenvalue weighted by molar-refractivity contribution is 9.10. The average molecular weight is 390 g/mol. The van der Waals surface area contributed by atoms with E-state index >= 15 is 0 Å². The lowest BCUT2D eigenvalue weighted by Gasteiger charge is -2.05. The average Bonchev–Trinajstić information content (AvgIpc) is 3.21. The molecule has 0 unspecified atom stereocenters. The number of aryl methyl sites for hydroxylation is 1. The Morgan fingerprint density at radius 2 is 2.12 bits per heavy atom. The summed E-state index contributed by atoms with van der Waals surface area (Å²) in [5.74, 6) is 1.26. The van der Waals surface area contributed by atoms with E-state index in [0.29, 0.717) is 12.3 Å². The van der Waals surface area contributed by atoms with Crippen molar-refractivity contribution in [2.45, 2.75) is 13.2 Å². The van der Waals surface area contributed by atoms with Crippen LogP contribution in [-0.4, -0.2) is 15.7 Å². The maximum Gasteiger partial charge on any atom is 0.287 e. The first-order valence-electron chi connectivity index (χ1n) is 7.34. The summed E-state index contributed by atoms with van der Waals surface area (Å²) in [6.07, 6.45) is 1.82. The largest absolute Gasteiger partial charge is 0.484 e. The molecule has 0 spiro atoms. The van der Waals surface area contributed by atoms with Crippen molar-refractivity contribution < 1.29 is 13.9 Å². The van der Waals surface area contributed by atoms with Crippen LogP contribution in [0.3, 0.4) is 0 Å². The van der Waals surface area contributed by atoms with E-state index < -0.39 is 0 Å². The smallest absolute Gasteiger partial charge is 0.287 e. The second-order valence-electron chi connectivity index (χ2n) is 5.15. The molecule has 1 aromatic carbocycles. The Kier molecular flexibility index (Phi) is 5.00. The highest BCUT2D eigenvalue weighted by atomic mass is 79.9. The summed E-state index contributed by atoms with van der Waals surface area (Å²) in [5, 5.41) is 6.97. The van der Waals surface area contributed by atoms with E-state index in [9.17, 15) is 4.79 Å². The monoisotopic (exact) mass is 389 g/mol. The molecule has 2 heterocycles. The Morgan fingerprint density at radius 3 is 2.88 bits per heavy atom. The van der Waals surface area contributed by atoms with Crippen LogP contribution in [-0.2, 0) is 20.2 Å². The molecule has 0 radical (unpaired) electrons. The number of nitrogens with zero attached hydrogens (tertiary/aromatic N) is 2. The van der Waals surface area contributed by atoms with Gasteiger partial charge in [-0.25, -0.2) is 0 Å². The minimum Gasteiger partial charge on any atom is -0.484 e. The van der Waals surface area contributed by atoms with Gasteiger partial charge in [0.15, 0.2) is 5.76 Å². The van der Waals surface area contributed by atoms with Crippen LogP contribution in [0.2, 0.25) is 0 Å². The van der Waals surface area contributed by atoms with Gasteiger partial charge >= 0.3 is 0 Å². The standard InChI is InChI=1S/C17H16BrN3O3/c1-21-9-8-12(20-21)10-19-17(22)16-7-6-13(24-16)11-23-15-5-3-2-4-14(15)18/h2-9H,10-11H2,1H3,(H,19,22). The van der Waals surface area contributed by atoms with E-state index in [1.54, 1.807) is 16.8 Å². The number of benzene rings is 1. The molecular weight excluding hydrogens is 374 g/mol. The summed E-state index contributed by atoms with van der Waals surface area (Å²) < 4.78 is 13.7. The summed E-state index contributed by atoms with van der Waals surface area (Å²) in [5.41, 5.74) is 0.787. The van der Waals surface area contributed by atoms with Crippen LogP contribution in [0.15, 0.2) is 57.6 Å². The molecule has 0 bridgehead atoms. The van der Waals surface area contributed by atoms with E-state index in [4.69, 9.17) is 9.15 Å². The second-order valence-corrected chi connectivity index (χ2v) is 6.00. The van der Waals surface area contributed by atoms with Crippen molar-refractivity contribution in [3.05, 3.63) is 70.3 Å². The van der Waals surface area contributed by atoms with Crippen molar-refractivity contribution in [2.24, 2.45) is 7.05 Å². The summed E-state index contributed by atoms with van der Waals surface area (Å²) in [6.45, 7) is 0.597. The fourth-order valence-electron chi connectivity index (χ4n) is 2.10. The summed E-state index contributed by atoms with van der Waals surface area (Å²) in [6, 6.07) is 12.8. The number of rotatable bonds is 6. The van der Waals surface area contributed by atoms with Gasteiger partial charge < -0.3 is 14.5 Å². The van der Waals surface area contributed by atoms with Gasteiger partial charge in [0.1, 0.15) is 18.1 Å².